The van der Waals surface area contributed by atoms with E-state index in [4.69, 9.17) is 4.74 Å². The lowest BCUT2D eigenvalue weighted by Crippen LogP contribution is -2.50. The molecule has 0 bridgehead atoms. The molecular formula is C19H31ClN2O2. The Morgan fingerprint density at radius 2 is 1.83 bits per heavy atom. The molecule has 0 spiro atoms. The van der Waals surface area contributed by atoms with Crippen LogP contribution in [0.3, 0.4) is 0 Å². The van der Waals surface area contributed by atoms with Crippen molar-refractivity contribution < 1.29 is 9.53 Å². The number of hydrogen-bond acceptors (Lipinski definition) is 3. The first-order valence-corrected chi connectivity index (χ1v) is 8.52. The van der Waals surface area contributed by atoms with Crippen LogP contribution in [0.2, 0.25) is 0 Å². The molecular weight excluding hydrogens is 324 g/mol. The summed E-state index contributed by atoms with van der Waals surface area (Å²) >= 11 is 0. The number of amides is 1. The Kier molecular flexibility index (Phi) is 8.20. The molecule has 1 saturated heterocycles. The summed E-state index contributed by atoms with van der Waals surface area (Å²) in [5.41, 5.74) is 2.13. The van der Waals surface area contributed by atoms with Crippen LogP contribution in [0.5, 0.6) is 0 Å². The number of methoxy groups -OCH3 is 1. The molecule has 4 nitrogen and oxygen atoms in total. The number of carbonyl (C=O) groups is 1. The number of carbonyl (C=O) groups excluding carboxylic acids is 1. The van der Waals surface area contributed by atoms with Crippen molar-refractivity contribution in [2.75, 3.05) is 33.9 Å². The fraction of sp³-hybridized carbons (Fsp3) is 0.632. The monoisotopic (exact) mass is 354 g/mol. The Hall–Kier alpha value is -1.10. The van der Waals surface area contributed by atoms with Gasteiger partial charge in [-0.15, -0.1) is 12.4 Å². The lowest BCUT2D eigenvalue weighted by atomic mass is 9.78. The van der Waals surface area contributed by atoms with Crippen LogP contribution in [0, 0.1) is 5.41 Å². The number of piperidine rings is 1. The van der Waals surface area contributed by atoms with E-state index < -0.39 is 0 Å². The minimum absolute atomic E-state index is 0. The first-order valence-electron chi connectivity index (χ1n) is 8.52. The Labute approximate surface area is 152 Å². The van der Waals surface area contributed by atoms with E-state index in [9.17, 15) is 4.79 Å². The molecule has 0 aliphatic carbocycles. The number of nitrogens with one attached hydrogen (secondary N) is 1. The van der Waals surface area contributed by atoms with Gasteiger partial charge in [0.2, 0.25) is 5.91 Å². The molecule has 0 saturated carbocycles. The standard InChI is InChI=1S/C19H30N2O2.ClH/c1-15(2)17-7-5-16(6-8-17)13-21(3)18(22)19(14-23-4)9-11-20-12-10-19;/h5-8,15,20H,9-14H2,1-4H3;1H. The lowest BCUT2D eigenvalue weighted by Gasteiger charge is -2.38. The van der Waals surface area contributed by atoms with Crippen LogP contribution in [0.15, 0.2) is 24.3 Å². The van der Waals surface area contributed by atoms with Crippen molar-refractivity contribution in [1.82, 2.24) is 10.2 Å². The van der Waals surface area contributed by atoms with Crippen molar-refractivity contribution in [1.29, 1.82) is 0 Å². The van der Waals surface area contributed by atoms with Gasteiger partial charge in [0.25, 0.3) is 0 Å². The molecule has 0 unspecified atom stereocenters. The van der Waals surface area contributed by atoms with Crippen molar-refractivity contribution >= 4 is 18.3 Å². The summed E-state index contributed by atoms with van der Waals surface area (Å²) in [6, 6.07) is 8.58. The smallest absolute Gasteiger partial charge is 0.231 e. The summed E-state index contributed by atoms with van der Waals surface area (Å²) in [5.74, 6) is 0.733. The third kappa shape index (κ3) is 4.95. The molecule has 136 valence electrons. The van der Waals surface area contributed by atoms with E-state index in [1.165, 1.54) is 11.1 Å². The third-order valence-corrected chi connectivity index (χ3v) is 4.85. The van der Waals surface area contributed by atoms with Gasteiger partial charge >= 0.3 is 0 Å². The van der Waals surface area contributed by atoms with Crippen molar-refractivity contribution in [3.05, 3.63) is 35.4 Å². The van der Waals surface area contributed by atoms with Gasteiger partial charge in [0, 0.05) is 20.7 Å². The van der Waals surface area contributed by atoms with E-state index in [2.05, 4.69) is 43.4 Å². The van der Waals surface area contributed by atoms with Crippen LogP contribution in [-0.4, -0.2) is 44.7 Å². The van der Waals surface area contributed by atoms with E-state index in [0.717, 1.165) is 25.9 Å². The molecule has 1 fully saturated rings. The van der Waals surface area contributed by atoms with Gasteiger partial charge in [0.15, 0.2) is 0 Å². The van der Waals surface area contributed by atoms with Crippen molar-refractivity contribution in [2.45, 2.75) is 39.2 Å². The zero-order chi connectivity index (χ0) is 16.9. The fourth-order valence-corrected chi connectivity index (χ4v) is 3.36. The zero-order valence-electron chi connectivity index (χ0n) is 15.3. The van der Waals surface area contributed by atoms with Crippen molar-refractivity contribution in [3.63, 3.8) is 0 Å². The Morgan fingerprint density at radius 1 is 1.25 bits per heavy atom. The first kappa shape index (κ1) is 20.9. The summed E-state index contributed by atoms with van der Waals surface area (Å²) in [5, 5.41) is 3.33. The maximum Gasteiger partial charge on any atom is 0.231 e. The predicted octanol–water partition coefficient (Wildman–Crippen LogP) is 3.21. The first-order chi connectivity index (χ1) is 11.0. The van der Waals surface area contributed by atoms with Gasteiger partial charge in [-0.2, -0.15) is 0 Å². The molecule has 2 rings (SSSR count). The zero-order valence-corrected chi connectivity index (χ0v) is 16.1. The minimum atomic E-state index is -0.368. The van der Waals surface area contributed by atoms with E-state index >= 15 is 0 Å². The predicted molar refractivity (Wildman–Crippen MR) is 101 cm³/mol. The molecule has 1 aromatic carbocycles. The molecule has 0 aromatic heterocycles. The summed E-state index contributed by atoms with van der Waals surface area (Å²) in [6.07, 6.45) is 1.69. The van der Waals surface area contributed by atoms with E-state index in [1.54, 1.807) is 7.11 Å². The molecule has 1 aliphatic heterocycles. The highest BCUT2D eigenvalue weighted by Gasteiger charge is 2.41. The molecule has 1 N–H and O–H groups in total. The summed E-state index contributed by atoms with van der Waals surface area (Å²) in [7, 11) is 3.58. The van der Waals surface area contributed by atoms with Gasteiger partial charge < -0.3 is 15.0 Å². The van der Waals surface area contributed by atoms with Crippen LogP contribution in [0.25, 0.3) is 0 Å². The molecule has 0 atom stereocenters. The number of halogens is 1. The largest absolute Gasteiger partial charge is 0.384 e. The minimum Gasteiger partial charge on any atom is -0.384 e. The molecule has 1 aromatic rings. The van der Waals surface area contributed by atoms with Crippen LogP contribution >= 0.6 is 12.4 Å². The highest BCUT2D eigenvalue weighted by Crippen LogP contribution is 2.31. The number of rotatable bonds is 6. The summed E-state index contributed by atoms with van der Waals surface area (Å²) in [4.78, 5) is 14.9. The number of benzene rings is 1. The highest BCUT2D eigenvalue weighted by molar-refractivity contribution is 5.85. The van der Waals surface area contributed by atoms with E-state index in [0.29, 0.717) is 19.1 Å². The maximum atomic E-state index is 13.0. The van der Waals surface area contributed by atoms with E-state index in [1.807, 2.05) is 11.9 Å². The van der Waals surface area contributed by atoms with Gasteiger partial charge in [-0.1, -0.05) is 38.1 Å². The van der Waals surface area contributed by atoms with Crippen LogP contribution in [0.4, 0.5) is 0 Å². The Balaban J connectivity index is 0.00000288. The Morgan fingerprint density at radius 3 is 2.33 bits per heavy atom. The van der Waals surface area contributed by atoms with Crippen LogP contribution < -0.4 is 5.32 Å². The second-order valence-corrected chi connectivity index (χ2v) is 7.02. The molecule has 5 heteroatoms. The molecule has 24 heavy (non-hydrogen) atoms. The second-order valence-electron chi connectivity index (χ2n) is 7.02. The third-order valence-electron chi connectivity index (χ3n) is 4.85. The number of ether oxygens (including phenoxy) is 1. The molecule has 1 aliphatic rings. The Bertz CT molecular complexity index is 505. The van der Waals surface area contributed by atoms with Crippen LogP contribution in [-0.2, 0) is 16.1 Å². The summed E-state index contributed by atoms with van der Waals surface area (Å²) in [6.45, 7) is 7.30. The fourth-order valence-electron chi connectivity index (χ4n) is 3.36. The average molecular weight is 355 g/mol. The van der Waals surface area contributed by atoms with E-state index in [-0.39, 0.29) is 23.7 Å². The number of hydrogen-bond donors (Lipinski definition) is 1. The lowest BCUT2D eigenvalue weighted by molar-refractivity contribution is -0.146. The second kappa shape index (κ2) is 9.40. The van der Waals surface area contributed by atoms with Crippen LogP contribution in [0.1, 0.15) is 43.7 Å². The highest BCUT2D eigenvalue weighted by atomic mass is 35.5. The van der Waals surface area contributed by atoms with Gasteiger partial charge in [0.1, 0.15) is 0 Å². The quantitative estimate of drug-likeness (QED) is 0.852. The van der Waals surface area contributed by atoms with Gasteiger partial charge in [-0.25, -0.2) is 0 Å². The molecule has 1 heterocycles. The van der Waals surface area contributed by atoms with Crippen molar-refractivity contribution in [2.24, 2.45) is 5.41 Å². The molecule has 0 radical (unpaired) electrons. The average Bonchev–Trinajstić information content (AvgIpc) is 2.55. The van der Waals surface area contributed by atoms with Crippen molar-refractivity contribution in [3.8, 4) is 0 Å². The van der Waals surface area contributed by atoms with Gasteiger partial charge in [0.05, 0.1) is 12.0 Å². The van der Waals surface area contributed by atoms with Gasteiger partial charge in [-0.3, -0.25) is 4.79 Å². The normalized spacial score (nSPS) is 16.5. The van der Waals surface area contributed by atoms with Gasteiger partial charge in [-0.05, 0) is 43.0 Å². The SMILES string of the molecule is COCC1(C(=O)N(C)Cc2ccc(C(C)C)cc2)CCNCC1.Cl. The molecule has 1 amide bonds. The maximum absolute atomic E-state index is 13.0. The number of nitrogens with zero attached hydrogens (tertiary/aromatic N) is 1. The topological polar surface area (TPSA) is 41.6 Å². The summed E-state index contributed by atoms with van der Waals surface area (Å²) < 4.78 is 5.37.